The summed E-state index contributed by atoms with van der Waals surface area (Å²) in [7, 11) is 1.37. The maximum atomic E-state index is 13.3. The Morgan fingerprint density at radius 3 is 2.41 bits per heavy atom. The van der Waals surface area contributed by atoms with Crippen LogP contribution in [-0.2, 0) is 4.74 Å². The van der Waals surface area contributed by atoms with Gasteiger partial charge in [0.2, 0.25) is 0 Å². The summed E-state index contributed by atoms with van der Waals surface area (Å²) in [6, 6.07) is 4.34. The van der Waals surface area contributed by atoms with Gasteiger partial charge in [-0.05, 0) is 50.0 Å². The fourth-order valence-electron chi connectivity index (χ4n) is 4.42. The van der Waals surface area contributed by atoms with E-state index < -0.39 is 23.4 Å². The van der Waals surface area contributed by atoms with E-state index in [2.05, 4.69) is 0 Å². The molecule has 0 fully saturated rings. The van der Waals surface area contributed by atoms with Crippen molar-refractivity contribution in [3.63, 3.8) is 0 Å². The highest BCUT2D eigenvalue weighted by molar-refractivity contribution is 5.90. The second-order valence-electron chi connectivity index (χ2n) is 9.36. The van der Waals surface area contributed by atoms with E-state index in [4.69, 9.17) is 14.2 Å². The molecular weight excluding hydrogens is 484 g/mol. The first-order valence-electron chi connectivity index (χ1n) is 12.3. The van der Waals surface area contributed by atoms with Crippen molar-refractivity contribution < 1.29 is 32.9 Å². The third-order valence-electron chi connectivity index (χ3n) is 6.44. The van der Waals surface area contributed by atoms with Crippen LogP contribution in [0.2, 0.25) is 0 Å². The van der Waals surface area contributed by atoms with E-state index in [0.717, 1.165) is 0 Å². The van der Waals surface area contributed by atoms with Gasteiger partial charge in [-0.25, -0.2) is 4.79 Å². The van der Waals surface area contributed by atoms with Crippen molar-refractivity contribution in [2.75, 3.05) is 20.3 Å². The van der Waals surface area contributed by atoms with Crippen LogP contribution in [0, 0.1) is 12.3 Å². The maximum Gasteiger partial charge on any atom is 0.387 e. The van der Waals surface area contributed by atoms with E-state index >= 15 is 0 Å². The van der Waals surface area contributed by atoms with Crippen LogP contribution in [-0.4, -0.2) is 42.6 Å². The van der Waals surface area contributed by atoms with Crippen molar-refractivity contribution in [2.45, 2.75) is 67.0 Å². The van der Waals surface area contributed by atoms with E-state index in [9.17, 15) is 23.5 Å². The van der Waals surface area contributed by atoms with Crippen molar-refractivity contribution in [3.05, 3.63) is 57.0 Å². The first kappa shape index (κ1) is 30.0. The van der Waals surface area contributed by atoms with Gasteiger partial charge in [-0.1, -0.05) is 33.8 Å². The number of benzene rings is 1. The number of pyridine rings is 1. The normalized spacial score (nSPS) is 13.0. The van der Waals surface area contributed by atoms with Crippen LogP contribution in [0.15, 0.2) is 29.2 Å². The molecule has 2 aromatic rings. The number of aliphatic hydroxyl groups is 1. The van der Waals surface area contributed by atoms with Crippen molar-refractivity contribution in [1.82, 2.24) is 4.57 Å². The molecule has 1 N–H and O–H groups in total. The molecule has 0 radical (unpaired) electrons. The predicted octanol–water partition coefficient (Wildman–Crippen LogP) is 5.86. The number of aryl methyl sites for hydroxylation is 1. The Kier molecular flexibility index (Phi) is 10.4. The molecule has 1 heterocycles. The zero-order valence-electron chi connectivity index (χ0n) is 22.6. The van der Waals surface area contributed by atoms with Gasteiger partial charge in [-0.2, -0.15) is 8.78 Å². The number of hydrogen-bond donors (Lipinski definition) is 1. The fraction of sp³-hybridized carbons (Fsp3) is 0.500. The van der Waals surface area contributed by atoms with Crippen LogP contribution in [0.1, 0.15) is 80.7 Å². The molecular formula is C28H37F2NO6. The first-order chi connectivity index (χ1) is 17.4. The molecule has 1 atom stereocenters. The Hall–Kier alpha value is -3.20. The summed E-state index contributed by atoms with van der Waals surface area (Å²) < 4.78 is 43.6. The lowest BCUT2D eigenvalue weighted by atomic mass is 9.82. The van der Waals surface area contributed by atoms with Crippen LogP contribution in [0.4, 0.5) is 8.78 Å². The number of ether oxygens (including phenoxy) is 3. The first-order valence-corrected chi connectivity index (χ1v) is 12.3. The zero-order valence-corrected chi connectivity index (χ0v) is 22.6. The second kappa shape index (κ2) is 12.9. The molecule has 0 saturated carbocycles. The lowest BCUT2D eigenvalue weighted by Crippen LogP contribution is -2.33. The summed E-state index contributed by atoms with van der Waals surface area (Å²) in [4.78, 5) is 25.6. The van der Waals surface area contributed by atoms with E-state index in [-0.39, 0.29) is 36.3 Å². The smallest absolute Gasteiger partial charge is 0.387 e. The van der Waals surface area contributed by atoms with Crippen molar-refractivity contribution in [1.29, 1.82) is 0 Å². The number of aliphatic hydroxyl groups excluding tert-OH is 1. The number of allylic oxidation sites excluding steroid dienone is 1. The van der Waals surface area contributed by atoms with Gasteiger partial charge in [0.15, 0.2) is 16.9 Å². The second-order valence-corrected chi connectivity index (χ2v) is 9.36. The standard InChI is InChI=1S/C28H37F2NO6/c1-8-18(13-19-17(4)11-12-23(35-7)25(19)37-27(29)30)21-14-22(33)20(26(34)36-10-3)15-31(21)24(9-2)28(5,6)16-32/h11-15,24,27,32H,8-10,16H2,1-7H3/b18-13+. The third kappa shape index (κ3) is 6.77. The minimum atomic E-state index is -3.07. The van der Waals surface area contributed by atoms with Crippen molar-refractivity contribution >= 4 is 17.6 Å². The van der Waals surface area contributed by atoms with Gasteiger partial charge in [0.1, 0.15) is 5.56 Å². The molecule has 0 aliphatic rings. The van der Waals surface area contributed by atoms with Gasteiger partial charge >= 0.3 is 12.6 Å². The number of halogens is 2. The molecule has 7 nitrogen and oxygen atoms in total. The Balaban J connectivity index is 2.92. The largest absolute Gasteiger partial charge is 0.493 e. The summed E-state index contributed by atoms with van der Waals surface area (Å²) in [6.07, 6.45) is 4.18. The fourth-order valence-corrected chi connectivity index (χ4v) is 4.42. The van der Waals surface area contributed by atoms with Crippen LogP contribution in [0.3, 0.4) is 0 Å². The van der Waals surface area contributed by atoms with Gasteiger partial charge in [0.05, 0.1) is 20.3 Å². The molecule has 1 aromatic heterocycles. The van der Waals surface area contributed by atoms with Gasteiger partial charge in [-0.15, -0.1) is 0 Å². The lowest BCUT2D eigenvalue weighted by Gasteiger charge is -2.36. The highest BCUT2D eigenvalue weighted by Crippen LogP contribution is 2.40. The van der Waals surface area contributed by atoms with E-state index in [1.165, 1.54) is 19.4 Å². The van der Waals surface area contributed by atoms with Gasteiger partial charge in [0, 0.05) is 35.0 Å². The molecule has 0 aliphatic carbocycles. The Labute approximate surface area is 216 Å². The Morgan fingerprint density at radius 1 is 1.22 bits per heavy atom. The average Bonchev–Trinajstić information content (AvgIpc) is 2.85. The summed E-state index contributed by atoms with van der Waals surface area (Å²) in [5, 5.41) is 10.1. The van der Waals surface area contributed by atoms with Crippen molar-refractivity contribution in [2.24, 2.45) is 5.41 Å². The summed E-state index contributed by atoms with van der Waals surface area (Å²) in [5.41, 5.74) is 0.953. The van der Waals surface area contributed by atoms with E-state index in [1.54, 1.807) is 32.1 Å². The maximum absolute atomic E-state index is 13.3. The third-order valence-corrected chi connectivity index (χ3v) is 6.44. The average molecular weight is 522 g/mol. The quantitative estimate of drug-likeness (QED) is 0.352. The Morgan fingerprint density at radius 2 is 1.89 bits per heavy atom. The number of rotatable bonds is 12. The number of alkyl halides is 2. The number of carbonyl (C=O) groups excluding carboxylic acids is 1. The monoisotopic (exact) mass is 521 g/mol. The summed E-state index contributed by atoms with van der Waals surface area (Å²) in [6.45, 7) is 7.93. The lowest BCUT2D eigenvalue weighted by molar-refractivity contribution is -0.0513. The molecule has 0 spiro atoms. The minimum absolute atomic E-state index is 0.108. The highest BCUT2D eigenvalue weighted by atomic mass is 19.3. The van der Waals surface area contributed by atoms with E-state index in [0.29, 0.717) is 35.2 Å². The molecule has 0 aliphatic heterocycles. The molecule has 1 unspecified atom stereocenters. The van der Waals surface area contributed by atoms with E-state index in [1.807, 2.05) is 32.3 Å². The Bertz CT molecular complexity index is 1190. The number of methoxy groups -OCH3 is 1. The molecule has 0 saturated heterocycles. The summed E-state index contributed by atoms with van der Waals surface area (Å²) in [5.74, 6) is -0.693. The molecule has 1 aromatic carbocycles. The number of nitrogens with zero attached hydrogens (tertiary/aromatic N) is 1. The van der Waals surface area contributed by atoms with Crippen LogP contribution >= 0.6 is 0 Å². The SMILES string of the molecule is CCOC(=O)c1cn(C(CC)C(C)(C)CO)c(/C(=C/c2c(C)ccc(OC)c2OC(F)F)CC)cc1=O. The molecule has 0 bridgehead atoms. The van der Waals surface area contributed by atoms with Crippen LogP contribution in [0.25, 0.3) is 11.6 Å². The molecule has 37 heavy (non-hydrogen) atoms. The van der Waals surface area contributed by atoms with Gasteiger partial charge in [-0.3, -0.25) is 4.79 Å². The summed E-state index contributed by atoms with van der Waals surface area (Å²) >= 11 is 0. The molecule has 0 amide bonds. The number of aromatic nitrogens is 1. The minimum Gasteiger partial charge on any atom is -0.493 e. The predicted molar refractivity (Wildman–Crippen MR) is 139 cm³/mol. The zero-order chi connectivity index (χ0) is 27.9. The topological polar surface area (TPSA) is 87.0 Å². The van der Waals surface area contributed by atoms with Gasteiger partial charge in [0.25, 0.3) is 0 Å². The van der Waals surface area contributed by atoms with Crippen molar-refractivity contribution in [3.8, 4) is 11.5 Å². The highest BCUT2D eigenvalue weighted by Gasteiger charge is 2.31. The van der Waals surface area contributed by atoms with Gasteiger partial charge < -0.3 is 23.9 Å². The van der Waals surface area contributed by atoms with Crippen LogP contribution < -0.4 is 14.9 Å². The number of carbonyl (C=O) groups is 1. The van der Waals surface area contributed by atoms with Crippen LogP contribution in [0.5, 0.6) is 11.5 Å². The molecule has 2 rings (SSSR count). The molecule has 9 heteroatoms. The number of hydrogen-bond acceptors (Lipinski definition) is 6. The molecule has 204 valence electrons. The number of esters is 1.